The van der Waals surface area contributed by atoms with Crippen LogP contribution in [0.2, 0.25) is 0 Å². The van der Waals surface area contributed by atoms with Crippen LogP contribution < -0.4 is 9.47 Å². The smallest absolute Gasteiger partial charge is 0.260 e. The molecule has 0 fully saturated rings. The summed E-state index contributed by atoms with van der Waals surface area (Å²) in [5, 5.41) is 11.0. The van der Waals surface area contributed by atoms with Gasteiger partial charge in [0, 0.05) is 13.6 Å². The maximum atomic E-state index is 12.3. The molecule has 0 atom stereocenters. The lowest BCUT2D eigenvalue weighted by Crippen LogP contribution is -2.30. The number of rotatable bonds is 8. The van der Waals surface area contributed by atoms with E-state index in [9.17, 15) is 4.79 Å². The largest absolute Gasteiger partial charge is 0.494 e. The Labute approximate surface area is 157 Å². The molecule has 3 aromatic rings. The van der Waals surface area contributed by atoms with Crippen molar-refractivity contribution in [2.24, 2.45) is 0 Å². The number of carbonyl (C=O) groups excluding carboxylic acids is 1. The molecule has 0 unspecified atom stereocenters. The maximum Gasteiger partial charge on any atom is 0.260 e. The molecule has 27 heavy (non-hydrogen) atoms. The van der Waals surface area contributed by atoms with E-state index in [4.69, 9.17) is 9.47 Å². The van der Waals surface area contributed by atoms with Gasteiger partial charge >= 0.3 is 0 Å². The van der Waals surface area contributed by atoms with E-state index in [1.165, 1.54) is 6.33 Å². The van der Waals surface area contributed by atoms with Crippen molar-refractivity contribution in [3.8, 4) is 17.2 Å². The molecular formula is C19H21N5O3. The number of nitrogens with zero attached hydrogens (tertiary/aromatic N) is 5. The SMILES string of the molecule is CCOc1ccc(CN(C)C(=O)COc2ccc(-n3cnnn3)cc2)cc1. The van der Waals surface area contributed by atoms with E-state index in [2.05, 4.69) is 15.5 Å². The second-order valence-corrected chi connectivity index (χ2v) is 5.86. The number of likely N-dealkylation sites (N-methyl/N-ethyl adjacent to an activating group) is 1. The van der Waals surface area contributed by atoms with E-state index in [1.54, 1.807) is 28.8 Å². The minimum Gasteiger partial charge on any atom is -0.494 e. The summed E-state index contributed by atoms with van der Waals surface area (Å²) in [4.78, 5) is 13.9. The molecular weight excluding hydrogens is 346 g/mol. The standard InChI is InChI=1S/C19H21N5O3/c1-3-26-17-8-4-15(5-9-17)12-23(2)19(25)13-27-18-10-6-16(7-11-18)24-14-20-21-22-24/h4-11,14H,3,12-13H2,1-2H3. The molecule has 0 bridgehead atoms. The average Bonchev–Trinajstić information content (AvgIpc) is 3.23. The van der Waals surface area contributed by atoms with Gasteiger partial charge in [-0.2, -0.15) is 0 Å². The van der Waals surface area contributed by atoms with Crippen LogP contribution in [0.15, 0.2) is 54.9 Å². The van der Waals surface area contributed by atoms with E-state index < -0.39 is 0 Å². The van der Waals surface area contributed by atoms with Gasteiger partial charge in [0.05, 0.1) is 12.3 Å². The van der Waals surface area contributed by atoms with Crippen LogP contribution in [0.1, 0.15) is 12.5 Å². The molecule has 0 saturated carbocycles. The first-order valence-corrected chi connectivity index (χ1v) is 8.57. The Kier molecular flexibility index (Phi) is 5.98. The number of benzene rings is 2. The molecule has 0 N–H and O–H groups in total. The van der Waals surface area contributed by atoms with Gasteiger partial charge in [0.15, 0.2) is 6.61 Å². The first-order chi connectivity index (χ1) is 13.2. The first kappa shape index (κ1) is 18.4. The molecule has 1 amide bonds. The molecule has 0 radical (unpaired) electrons. The van der Waals surface area contributed by atoms with Gasteiger partial charge in [-0.15, -0.1) is 5.10 Å². The number of aromatic nitrogens is 4. The molecule has 2 aromatic carbocycles. The summed E-state index contributed by atoms with van der Waals surface area (Å²) in [5.41, 5.74) is 1.84. The predicted octanol–water partition coefficient (Wildman–Crippen LogP) is 2.10. The van der Waals surface area contributed by atoms with E-state index in [-0.39, 0.29) is 12.5 Å². The Balaban J connectivity index is 1.49. The molecule has 0 spiro atoms. The first-order valence-electron chi connectivity index (χ1n) is 8.57. The zero-order valence-corrected chi connectivity index (χ0v) is 15.3. The number of amides is 1. The van der Waals surface area contributed by atoms with Gasteiger partial charge < -0.3 is 14.4 Å². The van der Waals surface area contributed by atoms with Crippen LogP contribution in [0.3, 0.4) is 0 Å². The van der Waals surface area contributed by atoms with Crippen LogP contribution in [0.25, 0.3) is 5.69 Å². The topological polar surface area (TPSA) is 82.4 Å². The van der Waals surface area contributed by atoms with Crippen molar-refractivity contribution < 1.29 is 14.3 Å². The molecule has 0 aliphatic carbocycles. The van der Waals surface area contributed by atoms with Crippen LogP contribution in [-0.4, -0.2) is 51.3 Å². The Morgan fingerprint density at radius 2 is 1.70 bits per heavy atom. The molecule has 140 valence electrons. The van der Waals surface area contributed by atoms with Crippen LogP contribution in [0, 0.1) is 0 Å². The number of ether oxygens (including phenoxy) is 2. The summed E-state index contributed by atoms with van der Waals surface area (Å²) < 4.78 is 12.5. The number of tetrazole rings is 1. The highest BCUT2D eigenvalue weighted by Crippen LogP contribution is 2.15. The van der Waals surface area contributed by atoms with E-state index in [0.29, 0.717) is 18.9 Å². The molecule has 0 aliphatic rings. The fourth-order valence-electron chi connectivity index (χ4n) is 2.45. The second kappa shape index (κ2) is 8.79. The monoisotopic (exact) mass is 367 g/mol. The van der Waals surface area contributed by atoms with E-state index >= 15 is 0 Å². The highest BCUT2D eigenvalue weighted by molar-refractivity contribution is 5.77. The van der Waals surface area contributed by atoms with Crippen LogP contribution in [0.4, 0.5) is 0 Å². The Morgan fingerprint density at radius 3 is 2.33 bits per heavy atom. The third-order valence-corrected chi connectivity index (χ3v) is 3.89. The molecule has 0 saturated heterocycles. The van der Waals surface area contributed by atoms with Gasteiger partial charge in [0.2, 0.25) is 0 Å². The van der Waals surface area contributed by atoms with Crippen molar-refractivity contribution in [1.82, 2.24) is 25.1 Å². The van der Waals surface area contributed by atoms with Gasteiger partial charge in [0.25, 0.3) is 5.91 Å². The van der Waals surface area contributed by atoms with Crippen LogP contribution >= 0.6 is 0 Å². The van der Waals surface area contributed by atoms with Gasteiger partial charge in [-0.25, -0.2) is 4.68 Å². The normalized spacial score (nSPS) is 10.4. The van der Waals surface area contributed by atoms with E-state index in [0.717, 1.165) is 17.0 Å². The minimum atomic E-state index is -0.103. The minimum absolute atomic E-state index is 0.0300. The summed E-state index contributed by atoms with van der Waals surface area (Å²) in [6.07, 6.45) is 1.51. The second-order valence-electron chi connectivity index (χ2n) is 5.86. The highest BCUT2D eigenvalue weighted by atomic mass is 16.5. The fourth-order valence-corrected chi connectivity index (χ4v) is 2.45. The quantitative estimate of drug-likeness (QED) is 0.606. The van der Waals surface area contributed by atoms with Crippen molar-refractivity contribution in [2.45, 2.75) is 13.5 Å². The molecule has 1 aromatic heterocycles. The Bertz CT molecular complexity index is 848. The summed E-state index contributed by atoms with van der Waals surface area (Å²) >= 11 is 0. The molecule has 0 aliphatic heterocycles. The lowest BCUT2D eigenvalue weighted by atomic mass is 10.2. The lowest BCUT2D eigenvalue weighted by molar-refractivity contribution is -0.132. The van der Waals surface area contributed by atoms with E-state index in [1.807, 2.05) is 43.3 Å². The van der Waals surface area contributed by atoms with Crippen molar-refractivity contribution in [3.05, 3.63) is 60.4 Å². The summed E-state index contributed by atoms with van der Waals surface area (Å²) in [5.74, 6) is 1.33. The van der Waals surface area contributed by atoms with Gasteiger partial charge in [-0.05, 0) is 59.3 Å². The predicted molar refractivity (Wildman–Crippen MR) is 98.7 cm³/mol. The van der Waals surface area contributed by atoms with Crippen molar-refractivity contribution in [2.75, 3.05) is 20.3 Å². The Hall–Kier alpha value is -3.42. The van der Waals surface area contributed by atoms with Crippen LogP contribution in [-0.2, 0) is 11.3 Å². The highest BCUT2D eigenvalue weighted by Gasteiger charge is 2.10. The number of hydrogen-bond donors (Lipinski definition) is 0. The number of hydrogen-bond acceptors (Lipinski definition) is 6. The van der Waals surface area contributed by atoms with Gasteiger partial charge in [-0.3, -0.25) is 4.79 Å². The molecule has 8 heteroatoms. The van der Waals surface area contributed by atoms with Crippen molar-refractivity contribution in [1.29, 1.82) is 0 Å². The van der Waals surface area contributed by atoms with Crippen molar-refractivity contribution >= 4 is 5.91 Å². The third kappa shape index (κ3) is 5.04. The lowest BCUT2D eigenvalue weighted by Gasteiger charge is -2.18. The summed E-state index contributed by atoms with van der Waals surface area (Å²) in [7, 11) is 1.75. The van der Waals surface area contributed by atoms with Gasteiger partial charge in [0.1, 0.15) is 17.8 Å². The zero-order valence-electron chi connectivity index (χ0n) is 15.3. The van der Waals surface area contributed by atoms with Crippen LogP contribution in [0.5, 0.6) is 11.5 Å². The maximum absolute atomic E-state index is 12.3. The van der Waals surface area contributed by atoms with Gasteiger partial charge in [-0.1, -0.05) is 12.1 Å². The Morgan fingerprint density at radius 1 is 1.04 bits per heavy atom. The third-order valence-electron chi connectivity index (χ3n) is 3.89. The summed E-state index contributed by atoms with van der Waals surface area (Å²) in [6.45, 7) is 3.05. The molecule has 3 rings (SSSR count). The molecule has 8 nitrogen and oxygen atoms in total. The summed E-state index contributed by atoms with van der Waals surface area (Å²) in [6, 6.07) is 14.9. The van der Waals surface area contributed by atoms with Crippen molar-refractivity contribution in [3.63, 3.8) is 0 Å². The number of carbonyl (C=O) groups is 1. The fraction of sp³-hybridized carbons (Fsp3) is 0.263. The molecule has 1 heterocycles. The average molecular weight is 367 g/mol. The zero-order chi connectivity index (χ0) is 19.1.